The molecule has 4 rings (SSSR count). The van der Waals surface area contributed by atoms with Gasteiger partial charge in [-0.2, -0.15) is 0 Å². The van der Waals surface area contributed by atoms with E-state index >= 15 is 0 Å². The van der Waals surface area contributed by atoms with Crippen molar-refractivity contribution < 1.29 is 49.0 Å². The molecule has 0 aliphatic carbocycles. The van der Waals surface area contributed by atoms with Crippen LogP contribution in [0.15, 0.2) is 51.7 Å². The third-order valence-corrected chi connectivity index (χ3v) is 5.32. The van der Waals surface area contributed by atoms with Crippen LogP contribution < -0.4 is 10.2 Å². The quantitative estimate of drug-likeness (QED) is 0.328. The minimum Gasteiger partial charge on any atom is -0.508 e. The molecule has 2 aromatic carbocycles. The zero-order valence-electron chi connectivity index (χ0n) is 17.8. The molecular weight excluding hydrogens is 452 g/mol. The normalized spacial score (nSPS) is 24.6. The molecule has 0 radical (unpaired) electrons. The SMILES string of the molecule is CCOC(=O)C1OC(Oc2ccc3c(=O)cc(-c4ccc(O)cc4)oc3c2O)C(O)C(O)C1O. The number of aliphatic hydroxyl groups is 3. The molecule has 1 fully saturated rings. The van der Waals surface area contributed by atoms with Crippen molar-refractivity contribution in [2.24, 2.45) is 0 Å². The fourth-order valence-electron chi connectivity index (χ4n) is 3.54. The Hall–Kier alpha value is -3.64. The zero-order chi connectivity index (χ0) is 24.6. The number of benzene rings is 2. The number of ether oxygens (including phenoxy) is 3. The van der Waals surface area contributed by atoms with E-state index in [0.717, 1.165) is 0 Å². The molecule has 0 saturated carbocycles. The largest absolute Gasteiger partial charge is 0.508 e. The predicted molar refractivity (Wildman–Crippen MR) is 115 cm³/mol. The van der Waals surface area contributed by atoms with Crippen molar-refractivity contribution in [3.05, 3.63) is 52.7 Å². The highest BCUT2D eigenvalue weighted by molar-refractivity contribution is 5.86. The number of carbonyl (C=O) groups excluding carboxylic acids is 1. The van der Waals surface area contributed by atoms with Gasteiger partial charge in [-0.05, 0) is 43.3 Å². The van der Waals surface area contributed by atoms with Gasteiger partial charge in [-0.1, -0.05) is 0 Å². The Kier molecular flexibility index (Phi) is 6.44. The maximum Gasteiger partial charge on any atom is 0.338 e. The van der Waals surface area contributed by atoms with Gasteiger partial charge in [0.2, 0.25) is 12.0 Å². The second-order valence-electron chi connectivity index (χ2n) is 7.58. The van der Waals surface area contributed by atoms with Crippen molar-refractivity contribution in [3.8, 4) is 28.6 Å². The average Bonchev–Trinajstić information content (AvgIpc) is 2.81. The first kappa shape index (κ1) is 23.5. The van der Waals surface area contributed by atoms with Crippen LogP contribution in [0.2, 0.25) is 0 Å². The van der Waals surface area contributed by atoms with Crippen LogP contribution >= 0.6 is 0 Å². The number of esters is 1. The molecule has 3 aromatic rings. The molecule has 1 saturated heterocycles. The van der Waals surface area contributed by atoms with Gasteiger partial charge in [-0.25, -0.2) is 4.79 Å². The van der Waals surface area contributed by atoms with E-state index in [1.165, 1.54) is 42.5 Å². The second-order valence-corrected chi connectivity index (χ2v) is 7.58. The van der Waals surface area contributed by atoms with E-state index in [1.807, 2.05) is 0 Å². The minimum atomic E-state index is -1.81. The number of phenolic OH excluding ortho intramolecular Hbond substituents is 2. The summed E-state index contributed by atoms with van der Waals surface area (Å²) in [5, 5.41) is 50.7. The first-order chi connectivity index (χ1) is 16.2. The Bertz CT molecular complexity index is 1250. The highest BCUT2D eigenvalue weighted by atomic mass is 16.7. The lowest BCUT2D eigenvalue weighted by Gasteiger charge is -2.39. The van der Waals surface area contributed by atoms with E-state index < -0.39 is 47.9 Å². The third kappa shape index (κ3) is 4.29. The van der Waals surface area contributed by atoms with Crippen LogP contribution in [0.3, 0.4) is 0 Å². The monoisotopic (exact) mass is 474 g/mol. The maximum atomic E-state index is 12.6. The Balaban J connectivity index is 1.69. The fraction of sp³-hybridized carbons (Fsp3) is 0.304. The molecule has 5 unspecified atom stereocenters. The van der Waals surface area contributed by atoms with Crippen molar-refractivity contribution in [1.29, 1.82) is 0 Å². The number of hydrogen-bond donors (Lipinski definition) is 5. The molecule has 0 spiro atoms. The number of hydrogen-bond acceptors (Lipinski definition) is 11. The molecule has 0 bridgehead atoms. The van der Waals surface area contributed by atoms with Crippen molar-refractivity contribution >= 4 is 16.9 Å². The summed E-state index contributed by atoms with van der Waals surface area (Å²) in [5.41, 5.74) is -0.218. The molecule has 1 aliphatic rings. The molecule has 2 heterocycles. The third-order valence-electron chi connectivity index (χ3n) is 5.32. The van der Waals surface area contributed by atoms with Gasteiger partial charge in [-0.3, -0.25) is 4.79 Å². The predicted octanol–water partition coefficient (Wildman–Crippen LogP) is 0.621. The van der Waals surface area contributed by atoms with E-state index in [0.29, 0.717) is 5.56 Å². The van der Waals surface area contributed by atoms with Crippen molar-refractivity contribution in [2.75, 3.05) is 6.61 Å². The summed E-state index contributed by atoms with van der Waals surface area (Å²) in [4.78, 5) is 24.6. The van der Waals surface area contributed by atoms with Gasteiger partial charge in [0.25, 0.3) is 0 Å². The van der Waals surface area contributed by atoms with E-state index in [4.69, 9.17) is 18.6 Å². The second kappa shape index (κ2) is 9.31. The van der Waals surface area contributed by atoms with Crippen LogP contribution in [-0.2, 0) is 14.3 Å². The van der Waals surface area contributed by atoms with Crippen LogP contribution in [0.25, 0.3) is 22.3 Å². The average molecular weight is 474 g/mol. The highest BCUT2D eigenvalue weighted by Crippen LogP contribution is 2.37. The van der Waals surface area contributed by atoms with Gasteiger partial charge < -0.3 is 44.2 Å². The van der Waals surface area contributed by atoms with E-state index in [2.05, 4.69) is 0 Å². The first-order valence-electron chi connectivity index (χ1n) is 10.3. The van der Waals surface area contributed by atoms with Crippen LogP contribution in [0.4, 0.5) is 0 Å². The lowest BCUT2D eigenvalue weighted by Crippen LogP contribution is -2.61. The number of aliphatic hydroxyl groups excluding tert-OH is 3. The van der Waals surface area contributed by atoms with Crippen molar-refractivity contribution in [2.45, 2.75) is 37.6 Å². The highest BCUT2D eigenvalue weighted by Gasteiger charge is 2.48. The van der Waals surface area contributed by atoms with Gasteiger partial charge in [0.15, 0.2) is 22.9 Å². The standard InChI is InChI=1S/C23H22O11/c1-2-31-22(30)21-18(28)17(27)19(29)23(34-21)33-14-8-7-12-13(25)9-15(32-20(12)16(14)26)10-3-5-11(24)6-4-10/h3-9,17-19,21,23-24,26-29H,2H2,1H3. The van der Waals surface area contributed by atoms with Gasteiger partial charge in [0.1, 0.15) is 29.8 Å². The molecule has 180 valence electrons. The van der Waals surface area contributed by atoms with Gasteiger partial charge >= 0.3 is 5.97 Å². The molecule has 5 atom stereocenters. The molecule has 1 aromatic heterocycles. The number of fused-ring (bicyclic) bond motifs is 1. The molecule has 11 nitrogen and oxygen atoms in total. The molecular formula is C23H22O11. The summed E-state index contributed by atoms with van der Waals surface area (Å²) >= 11 is 0. The van der Waals surface area contributed by atoms with Crippen LogP contribution in [-0.4, -0.2) is 68.8 Å². The lowest BCUT2D eigenvalue weighted by atomic mass is 9.99. The van der Waals surface area contributed by atoms with Gasteiger partial charge in [0.05, 0.1) is 12.0 Å². The van der Waals surface area contributed by atoms with Gasteiger partial charge in [-0.15, -0.1) is 0 Å². The number of rotatable bonds is 5. The van der Waals surface area contributed by atoms with Crippen molar-refractivity contribution in [3.63, 3.8) is 0 Å². The first-order valence-corrected chi connectivity index (χ1v) is 10.3. The Morgan fingerprint density at radius 2 is 1.71 bits per heavy atom. The van der Waals surface area contributed by atoms with Crippen LogP contribution in [0.1, 0.15) is 6.92 Å². The molecule has 5 N–H and O–H groups in total. The Morgan fingerprint density at radius 3 is 2.38 bits per heavy atom. The van der Waals surface area contributed by atoms with Crippen LogP contribution in [0.5, 0.6) is 17.2 Å². The molecule has 0 amide bonds. The summed E-state index contributed by atoms with van der Waals surface area (Å²) in [6.07, 6.45) is -8.70. The van der Waals surface area contributed by atoms with Gasteiger partial charge in [0, 0.05) is 11.6 Å². The van der Waals surface area contributed by atoms with E-state index in [1.54, 1.807) is 6.92 Å². The Morgan fingerprint density at radius 1 is 1.00 bits per heavy atom. The zero-order valence-corrected chi connectivity index (χ0v) is 17.8. The number of carbonyl (C=O) groups is 1. The topological polar surface area (TPSA) is 176 Å². The lowest BCUT2D eigenvalue weighted by molar-refractivity contribution is -0.272. The van der Waals surface area contributed by atoms with E-state index in [9.17, 15) is 35.1 Å². The molecule has 34 heavy (non-hydrogen) atoms. The van der Waals surface area contributed by atoms with Crippen LogP contribution in [0, 0.1) is 0 Å². The maximum absolute atomic E-state index is 12.6. The summed E-state index contributed by atoms with van der Waals surface area (Å²) in [6.45, 7) is 1.53. The summed E-state index contributed by atoms with van der Waals surface area (Å²) in [5.74, 6) is -1.72. The molecule has 1 aliphatic heterocycles. The number of phenols is 2. The molecule has 11 heteroatoms. The minimum absolute atomic E-state index is 0.0105. The summed E-state index contributed by atoms with van der Waals surface area (Å²) < 4.78 is 21.3. The summed E-state index contributed by atoms with van der Waals surface area (Å²) in [6, 6.07) is 9.61. The smallest absolute Gasteiger partial charge is 0.338 e. The fourth-order valence-corrected chi connectivity index (χ4v) is 3.54. The summed E-state index contributed by atoms with van der Waals surface area (Å²) in [7, 11) is 0. The van der Waals surface area contributed by atoms with E-state index in [-0.39, 0.29) is 34.8 Å². The van der Waals surface area contributed by atoms with Crippen molar-refractivity contribution in [1.82, 2.24) is 0 Å². The number of aromatic hydroxyl groups is 2. The Labute approximate surface area is 192 Å².